The van der Waals surface area contributed by atoms with E-state index in [0.717, 1.165) is 31.0 Å². The molecule has 0 saturated carbocycles. The maximum Gasteiger partial charge on any atom is 0.117 e. The molecule has 2 heteroatoms. The van der Waals surface area contributed by atoms with E-state index in [2.05, 4.69) is 61.6 Å². The molecule has 1 heterocycles. The Morgan fingerprint density at radius 2 is 1.78 bits per heavy atom. The molecule has 0 bridgehead atoms. The third-order valence-electron chi connectivity index (χ3n) is 3.18. The fourth-order valence-electron chi connectivity index (χ4n) is 2.02. The minimum absolute atomic E-state index is 0.520. The van der Waals surface area contributed by atoms with Gasteiger partial charge in [-0.15, -0.1) is 0 Å². The second-order valence-corrected chi connectivity index (χ2v) is 4.66. The van der Waals surface area contributed by atoms with Crippen LogP contribution >= 0.6 is 0 Å². The molecule has 0 amide bonds. The van der Waals surface area contributed by atoms with Gasteiger partial charge in [0.05, 0.1) is 6.54 Å². The molecule has 18 heavy (non-hydrogen) atoms. The molecule has 0 aliphatic heterocycles. The topological polar surface area (TPSA) is 25.2 Å². The van der Waals surface area contributed by atoms with E-state index in [1.165, 1.54) is 5.56 Å². The van der Waals surface area contributed by atoms with Crippen molar-refractivity contribution in [2.24, 2.45) is 0 Å². The van der Waals surface area contributed by atoms with Crippen LogP contribution in [0.3, 0.4) is 0 Å². The fourth-order valence-corrected chi connectivity index (χ4v) is 2.02. The molecule has 2 nitrogen and oxygen atoms in total. The number of hydrogen-bond donors (Lipinski definition) is 1. The van der Waals surface area contributed by atoms with Crippen LogP contribution in [0.2, 0.25) is 0 Å². The second kappa shape index (κ2) is 6.41. The summed E-state index contributed by atoms with van der Waals surface area (Å²) in [6.07, 6.45) is 0.959. The molecule has 0 fully saturated rings. The van der Waals surface area contributed by atoms with Gasteiger partial charge in [0.15, 0.2) is 0 Å². The smallest absolute Gasteiger partial charge is 0.117 e. The Labute approximate surface area is 109 Å². The van der Waals surface area contributed by atoms with Crippen molar-refractivity contribution in [3.63, 3.8) is 0 Å². The lowest BCUT2D eigenvalue weighted by atomic mass is 10.0. The number of hydrogen-bond acceptors (Lipinski definition) is 2. The van der Waals surface area contributed by atoms with Gasteiger partial charge in [-0.3, -0.25) is 0 Å². The van der Waals surface area contributed by atoms with E-state index in [1.807, 2.05) is 0 Å². The molecule has 2 rings (SSSR count). The number of nitrogens with one attached hydrogen (secondary N) is 1. The van der Waals surface area contributed by atoms with Crippen molar-refractivity contribution in [1.29, 1.82) is 0 Å². The molecule has 0 spiro atoms. The Balaban J connectivity index is 1.78. The van der Waals surface area contributed by atoms with E-state index in [4.69, 9.17) is 4.42 Å². The first-order chi connectivity index (χ1) is 8.79. The molecule has 1 atom stereocenters. The second-order valence-electron chi connectivity index (χ2n) is 4.66. The lowest BCUT2D eigenvalue weighted by Crippen LogP contribution is -2.19. The van der Waals surface area contributed by atoms with Gasteiger partial charge in [0.25, 0.3) is 0 Å². The number of rotatable bonds is 6. The summed E-state index contributed by atoms with van der Waals surface area (Å²) in [5.74, 6) is 2.60. The first kappa shape index (κ1) is 12.9. The summed E-state index contributed by atoms with van der Waals surface area (Å²) in [6.45, 7) is 6.11. The molecule has 0 aliphatic rings. The van der Waals surface area contributed by atoms with Crippen molar-refractivity contribution >= 4 is 0 Å². The van der Waals surface area contributed by atoms with Gasteiger partial charge in [-0.05, 0) is 23.6 Å². The molecular formula is C16H21NO. The Hall–Kier alpha value is -1.54. The number of benzene rings is 1. The Morgan fingerprint density at radius 3 is 2.44 bits per heavy atom. The van der Waals surface area contributed by atoms with Crippen LogP contribution in [0.5, 0.6) is 0 Å². The minimum Gasteiger partial charge on any atom is -0.465 e. The standard InChI is InChI=1S/C16H21NO/c1-3-15-9-10-16(18-15)12-17-11-13(2)14-7-5-4-6-8-14/h4-10,13,17H,3,11-12H2,1-2H3. The van der Waals surface area contributed by atoms with Gasteiger partial charge in [0.1, 0.15) is 11.5 Å². The van der Waals surface area contributed by atoms with E-state index < -0.39 is 0 Å². The maximum absolute atomic E-state index is 5.66. The first-order valence-electron chi connectivity index (χ1n) is 6.63. The SMILES string of the molecule is CCc1ccc(CNCC(C)c2ccccc2)o1. The van der Waals surface area contributed by atoms with Crippen LogP contribution in [-0.4, -0.2) is 6.54 Å². The minimum atomic E-state index is 0.520. The zero-order chi connectivity index (χ0) is 12.8. The summed E-state index contributed by atoms with van der Waals surface area (Å²) in [4.78, 5) is 0. The highest BCUT2D eigenvalue weighted by atomic mass is 16.3. The van der Waals surface area contributed by atoms with Crippen LogP contribution in [0.4, 0.5) is 0 Å². The van der Waals surface area contributed by atoms with Gasteiger partial charge in [-0.25, -0.2) is 0 Å². The number of aryl methyl sites for hydroxylation is 1. The van der Waals surface area contributed by atoms with Crippen LogP contribution < -0.4 is 5.32 Å². The van der Waals surface area contributed by atoms with Crippen molar-refractivity contribution in [2.45, 2.75) is 32.7 Å². The van der Waals surface area contributed by atoms with Gasteiger partial charge in [0, 0.05) is 13.0 Å². The van der Waals surface area contributed by atoms with Crippen LogP contribution in [0.1, 0.15) is 36.8 Å². The molecule has 1 N–H and O–H groups in total. The Bertz CT molecular complexity index is 461. The van der Waals surface area contributed by atoms with E-state index in [1.54, 1.807) is 0 Å². The third-order valence-corrected chi connectivity index (χ3v) is 3.18. The molecule has 96 valence electrons. The molecular weight excluding hydrogens is 222 g/mol. The Morgan fingerprint density at radius 1 is 1.06 bits per heavy atom. The van der Waals surface area contributed by atoms with Gasteiger partial charge in [-0.1, -0.05) is 44.2 Å². The summed E-state index contributed by atoms with van der Waals surface area (Å²) < 4.78 is 5.66. The zero-order valence-electron chi connectivity index (χ0n) is 11.1. The maximum atomic E-state index is 5.66. The van der Waals surface area contributed by atoms with E-state index in [-0.39, 0.29) is 0 Å². The van der Waals surface area contributed by atoms with Gasteiger partial charge in [0.2, 0.25) is 0 Å². The molecule has 2 aromatic rings. The van der Waals surface area contributed by atoms with Crippen LogP contribution in [0, 0.1) is 0 Å². The predicted molar refractivity (Wildman–Crippen MR) is 74.6 cm³/mol. The predicted octanol–water partition coefficient (Wildman–Crippen LogP) is 3.74. The highest BCUT2D eigenvalue weighted by Gasteiger charge is 2.05. The molecule has 0 radical (unpaired) electrons. The lowest BCUT2D eigenvalue weighted by Gasteiger charge is -2.12. The lowest BCUT2D eigenvalue weighted by molar-refractivity contribution is 0.446. The quantitative estimate of drug-likeness (QED) is 0.836. The van der Waals surface area contributed by atoms with Crippen molar-refractivity contribution in [2.75, 3.05) is 6.54 Å². The summed E-state index contributed by atoms with van der Waals surface area (Å²) >= 11 is 0. The molecule has 0 saturated heterocycles. The largest absolute Gasteiger partial charge is 0.465 e. The summed E-state index contributed by atoms with van der Waals surface area (Å²) in [6, 6.07) is 14.7. The summed E-state index contributed by atoms with van der Waals surface area (Å²) in [7, 11) is 0. The molecule has 1 aromatic heterocycles. The highest BCUT2D eigenvalue weighted by molar-refractivity contribution is 5.19. The van der Waals surface area contributed by atoms with Crippen LogP contribution in [-0.2, 0) is 13.0 Å². The zero-order valence-corrected chi connectivity index (χ0v) is 11.1. The third kappa shape index (κ3) is 3.47. The number of furan rings is 1. The van der Waals surface area contributed by atoms with E-state index >= 15 is 0 Å². The fraction of sp³-hybridized carbons (Fsp3) is 0.375. The highest BCUT2D eigenvalue weighted by Crippen LogP contribution is 2.13. The first-order valence-corrected chi connectivity index (χ1v) is 6.63. The van der Waals surface area contributed by atoms with Crippen molar-refractivity contribution in [1.82, 2.24) is 5.32 Å². The molecule has 1 aromatic carbocycles. The Kier molecular flexibility index (Phi) is 4.59. The normalized spacial score (nSPS) is 12.6. The van der Waals surface area contributed by atoms with Gasteiger partial charge >= 0.3 is 0 Å². The van der Waals surface area contributed by atoms with Crippen molar-refractivity contribution < 1.29 is 4.42 Å². The van der Waals surface area contributed by atoms with E-state index in [0.29, 0.717) is 5.92 Å². The van der Waals surface area contributed by atoms with Crippen LogP contribution in [0.15, 0.2) is 46.9 Å². The van der Waals surface area contributed by atoms with Gasteiger partial charge < -0.3 is 9.73 Å². The summed E-state index contributed by atoms with van der Waals surface area (Å²) in [5.41, 5.74) is 1.37. The summed E-state index contributed by atoms with van der Waals surface area (Å²) in [5, 5.41) is 3.44. The molecule has 1 unspecified atom stereocenters. The van der Waals surface area contributed by atoms with E-state index in [9.17, 15) is 0 Å². The molecule has 0 aliphatic carbocycles. The average Bonchev–Trinajstić information content (AvgIpc) is 2.87. The monoisotopic (exact) mass is 243 g/mol. The van der Waals surface area contributed by atoms with Crippen LogP contribution in [0.25, 0.3) is 0 Å². The average molecular weight is 243 g/mol. The van der Waals surface area contributed by atoms with Crippen molar-refractivity contribution in [3.8, 4) is 0 Å². The van der Waals surface area contributed by atoms with Crippen molar-refractivity contribution in [3.05, 3.63) is 59.5 Å². The van der Waals surface area contributed by atoms with Gasteiger partial charge in [-0.2, -0.15) is 0 Å².